The third kappa shape index (κ3) is 3.63. The summed E-state index contributed by atoms with van der Waals surface area (Å²) in [5.74, 6) is 1.59. The maximum atomic E-state index is 5.51. The molecule has 1 unspecified atom stereocenters. The fraction of sp³-hybridized carbons (Fsp3) is 0.250. The molecule has 0 spiro atoms. The minimum Gasteiger partial charge on any atom is -0.496 e. The van der Waals surface area contributed by atoms with Crippen LogP contribution in [0.3, 0.4) is 0 Å². The van der Waals surface area contributed by atoms with E-state index in [2.05, 4.69) is 66.8 Å². The molecule has 2 nitrogen and oxygen atoms in total. The number of ether oxygens (including phenoxy) is 2. The second-order valence-electron chi connectivity index (χ2n) is 4.59. The summed E-state index contributed by atoms with van der Waals surface area (Å²) in [4.78, 5) is 0.0203. The van der Waals surface area contributed by atoms with Crippen LogP contribution >= 0.6 is 47.8 Å². The number of aryl methyl sites for hydroxylation is 1. The number of alkyl halides is 1. The average molecular weight is 479 g/mol. The molecule has 0 radical (unpaired) electrons. The molecular formula is C16H15Br3O2. The highest BCUT2D eigenvalue weighted by atomic mass is 79.9. The van der Waals surface area contributed by atoms with E-state index in [0.717, 1.165) is 26.0 Å². The van der Waals surface area contributed by atoms with Crippen molar-refractivity contribution in [2.24, 2.45) is 0 Å². The Balaban J connectivity index is 2.56. The summed E-state index contributed by atoms with van der Waals surface area (Å²) < 4.78 is 12.8. The molecule has 112 valence electrons. The van der Waals surface area contributed by atoms with Gasteiger partial charge >= 0.3 is 0 Å². The van der Waals surface area contributed by atoms with Crippen molar-refractivity contribution in [2.75, 3.05) is 14.2 Å². The minimum atomic E-state index is 0.0203. The van der Waals surface area contributed by atoms with Gasteiger partial charge in [0.2, 0.25) is 0 Å². The first-order valence-electron chi connectivity index (χ1n) is 6.29. The Labute approximate surface area is 150 Å². The van der Waals surface area contributed by atoms with Crippen LogP contribution in [-0.4, -0.2) is 14.2 Å². The van der Waals surface area contributed by atoms with Gasteiger partial charge in [-0.3, -0.25) is 0 Å². The van der Waals surface area contributed by atoms with Gasteiger partial charge in [0.25, 0.3) is 0 Å². The van der Waals surface area contributed by atoms with E-state index in [1.165, 1.54) is 11.1 Å². The molecule has 21 heavy (non-hydrogen) atoms. The molecule has 0 N–H and O–H groups in total. The van der Waals surface area contributed by atoms with Gasteiger partial charge in [-0.2, -0.15) is 0 Å². The van der Waals surface area contributed by atoms with E-state index in [1.807, 2.05) is 18.2 Å². The van der Waals surface area contributed by atoms with E-state index < -0.39 is 0 Å². The number of halogens is 3. The van der Waals surface area contributed by atoms with Crippen molar-refractivity contribution in [3.8, 4) is 11.5 Å². The van der Waals surface area contributed by atoms with E-state index in [9.17, 15) is 0 Å². The molecule has 0 saturated carbocycles. The van der Waals surface area contributed by atoms with Crippen LogP contribution in [0.2, 0.25) is 0 Å². The third-order valence-electron chi connectivity index (χ3n) is 3.29. The summed E-state index contributed by atoms with van der Waals surface area (Å²) in [6, 6.07) is 10.2. The second-order valence-corrected chi connectivity index (χ2v) is 7.28. The van der Waals surface area contributed by atoms with Crippen LogP contribution in [-0.2, 0) is 0 Å². The molecule has 2 aromatic rings. The first-order valence-corrected chi connectivity index (χ1v) is 8.79. The first kappa shape index (κ1) is 16.8. The van der Waals surface area contributed by atoms with E-state index in [1.54, 1.807) is 14.2 Å². The largest absolute Gasteiger partial charge is 0.496 e. The van der Waals surface area contributed by atoms with Crippen molar-refractivity contribution in [1.82, 2.24) is 0 Å². The van der Waals surface area contributed by atoms with E-state index in [-0.39, 0.29) is 4.83 Å². The van der Waals surface area contributed by atoms with Crippen molar-refractivity contribution in [1.29, 1.82) is 0 Å². The zero-order valence-electron chi connectivity index (χ0n) is 11.9. The zero-order chi connectivity index (χ0) is 15.6. The Morgan fingerprint density at radius 3 is 2.19 bits per heavy atom. The molecule has 0 aliphatic carbocycles. The molecule has 5 heteroatoms. The Kier molecular flexibility index (Phi) is 5.74. The molecule has 1 atom stereocenters. The maximum Gasteiger partial charge on any atom is 0.133 e. The van der Waals surface area contributed by atoms with Gasteiger partial charge in [-0.15, -0.1) is 0 Å². The second kappa shape index (κ2) is 7.16. The van der Waals surface area contributed by atoms with Crippen molar-refractivity contribution in [3.63, 3.8) is 0 Å². The van der Waals surface area contributed by atoms with Crippen LogP contribution in [0.25, 0.3) is 0 Å². The molecule has 0 saturated heterocycles. The number of hydrogen-bond acceptors (Lipinski definition) is 2. The SMILES string of the molecule is COc1cc(C(Br)c2cc(Br)ccc2C)c(OC)cc1Br. The predicted molar refractivity (Wildman–Crippen MR) is 96.9 cm³/mol. The van der Waals surface area contributed by atoms with Gasteiger partial charge in [0.1, 0.15) is 11.5 Å². The number of hydrogen-bond donors (Lipinski definition) is 0. The smallest absolute Gasteiger partial charge is 0.133 e. The van der Waals surface area contributed by atoms with Crippen molar-refractivity contribution >= 4 is 47.8 Å². The molecule has 0 amide bonds. The first-order chi connectivity index (χ1) is 9.97. The average Bonchev–Trinajstić information content (AvgIpc) is 2.48. The number of benzene rings is 2. The van der Waals surface area contributed by atoms with Crippen molar-refractivity contribution in [3.05, 3.63) is 56.0 Å². The number of methoxy groups -OCH3 is 2. The van der Waals surface area contributed by atoms with E-state index in [4.69, 9.17) is 9.47 Å². The third-order valence-corrected chi connectivity index (χ3v) is 5.39. The summed E-state index contributed by atoms with van der Waals surface area (Å²) in [6.07, 6.45) is 0. The molecule has 0 bridgehead atoms. The standard InChI is InChI=1S/C16H15Br3O2/c1-9-4-5-10(17)6-11(9)16(19)12-7-15(21-3)13(18)8-14(12)20-2/h4-8,16H,1-3H3. The molecule has 2 aromatic carbocycles. The van der Waals surface area contributed by atoms with E-state index in [0.29, 0.717) is 0 Å². The summed E-state index contributed by atoms with van der Waals surface area (Å²) in [5, 5.41) is 0. The lowest BCUT2D eigenvalue weighted by Gasteiger charge is -2.19. The molecule has 0 aliphatic heterocycles. The Hall–Kier alpha value is -0.520. The van der Waals surface area contributed by atoms with Gasteiger partial charge in [-0.05, 0) is 58.2 Å². The Bertz CT molecular complexity index is 656. The highest BCUT2D eigenvalue weighted by Gasteiger charge is 2.20. The lowest BCUT2D eigenvalue weighted by Crippen LogP contribution is -2.00. The molecule has 2 rings (SSSR count). The van der Waals surface area contributed by atoms with Crippen LogP contribution in [0.15, 0.2) is 39.3 Å². The maximum absolute atomic E-state index is 5.51. The fourth-order valence-corrected chi connectivity index (χ4v) is 3.85. The topological polar surface area (TPSA) is 18.5 Å². The molecule has 0 aliphatic rings. The molecule has 0 aromatic heterocycles. The van der Waals surface area contributed by atoms with Crippen LogP contribution in [0.5, 0.6) is 11.5 Å². The molecule has 0 fully saturated rings. The highest BCUT2D eigenvalue weighted by molar-refractivity contribution is 9.11. The zero-order valence-corrected chi connectivity index (χ0v) is 16.7. The highest BCUT2D eigenvalue weighted by Crippen LogP contribution is 2.43. The summed E-state index contributed by atoms with van der Waals surface area (Å²) in [7, 11) is 3.33. The lowest BCUT2D eigenvalue weighted by molar-refractivity contribution is 0.397. The normalized spacial score (nSPS) is 12.1. The van der Waals surface area contributed by atoms with Crippen molar-refractivity contribution < 1.29 is 9.47 Å². The van der Waals surface area contributed by atoms with Crippen LogP contribution in [0, 0.1) is 6.92 Å². The van der Waals surface area contributed by atoms with Crippen LogP contribution in [0.1, 0.15) is 21.5 Å². The minimum absolute atomic E-state index is 0.0203. The van der Waals surface area contributed by atoms with Gasteiger partial charge < -0.3 is 9.47 Å². The van der Waals surface area contributed by atoms with Gasteiger partial charge in [0.05, 0.1) is 23.5 Å². The Morgan fingerprint density at radius 1 is 0.905 bits per heavy atom. The van der Waals surface area contributed by atoms with Gasteiger partial charge in [-0.25, -0.2) is 0 Å². The van der Waals surface area contributed by atoms with Crippen LogP contribution in [0.4, 0.5) is 0 Å². The predicted octanol–water partition coefficient (Wildman–Crippen LogP) is 6.02. The van der Waals surface area contributed by atoms with Crippen LogP contribution < -0.4 is 9.47 Å². The monoisotopic (exact) mass is 476 g/mol. The summed E-state index contributed by atoms with van der Waals surface area (Å²) in [5.41, 5.74) is 3.43. The van der Waals surface area contributed by atoms with Gasteiger partial charge in [0, 0.05) is 10.0 Å². The van der Waals surface area contributed by atoms with Gasteiger partial charge in [0.15, 0.2) is 0 Å². The summed E-state index contributed by atoms with van der Waals surface area (Å²) in [6.45, 7) is 2.10. The van der Waals surface area contributed by atoms with Gasteiger partial charge in [-0.1, -0.05) is 37.9 Å². The number of rotatable bonds is 4. The van der Waals surface area contributed by atoms with E-state index >= 15 is 0 Å². The molecular weight excluding hydrogens is 464 g/mol. The fourth-order valence-electron chi connectivity index (χ4n) is 2.13. The molecule has 0 heterocycles. The van der Waals surface area contributed by atoms with Crippen molar-refractivity contribution in [2.45, 2.75) is 11.8 Å². The quantitative estimate of drug-likeness (QED) is 0.500. The Morgan fingerprint density at radius 2 is 1.57 bits per heavy atom. The lowest BCUT2D eigenvalue weighted by atomic mass is 9.99. The summed E-state index contributed by atoms with van der Waals surface area (Å²) >= 11 is 10.8.